The minimum atomic E-state index is -0.915. The molecule has 0 saturated carbocycles. The highest BCUT2D eigenvalue weighted by atomic mass is 79.9. The number of aliphatic hydroxyl groups is 1. The number of hydrogen-bond donors (Lipinski definition) is 2. The zero-order chi connectivity index (χ0) is 14.0. The van der Waals surface area contributed by atoms with Crippen LogP contribution in [0.5, 0.6) is 0 Å². The third kappa shape index (κ3) is 3.20. The van der Waals surface area contributed by atoms with Crippen LogP contribution in [-0.2, 0) is 0 Å². The van der Waals surface area contributed by atoms with E-state index in [0.717, 1.165) is 15.9 Å². The number of hydrogen-bond acceptors (Lipinski definition) is 3. The second kappa shape index (κ2) is 6.09. The Labute approximate surface area is 122 Å². The Morgan fingerprint density at radius 3 is 2.53 bits per heavy atom. The normalized spacial score (nSPS) is 14.4. The van der Waals surface area contributed by atoms with E-state index < -0.39 is 23.7 Å². The Hall–Kier alpha value is -0.820. The van der Waals surface area contributed by atoms with Crippen LogP contribution in [0.2, 0.25) is 0 Å². The van der Waals surface area contributed by atoms with E-state index in [2.05, 4.69) is 15.9 Å². The van der Waals surface area contributed by atoms with Gasteiger partial charge in [-0.25, -0.2) is 8.78 Å². The molecule has 102 valence electrons. The maximum absolute atomic E-state index is 13.8. The molecule has 6 heteroatoms. The third-order valence-electron chi connectivity index (χ3n) is 2.88. The van der Waals surface area contributed by atoms with Crippen LogP contribution in [0.4, 0.5) is 8.78 Å². The zero-order valence-corrected chi connectivity index (χ0v) is 12.2. The van der Waals surface area contributed by atoms with E-state index in [4.69, 9.17) is 5.73 Å². The monoisotopic (exact) mass is 347 g/mol. The lowest BCUT2D eigenvalue weighted by Crippen LogP contribution is -2.20. The summed E-state index contributed by atoms with van der Waals surface area (Å²) in [6.45, 7) is 0.0687. The number of benzene rings is 1. The Kier molecular flexibility index (Phi) is 4.67. The first kappa shape index (κ1) is 14.6. The molecule has 0 bridgehead atoms. The van der Waals surface area contributed by atoms with Crippen LogP contribution in [0, 0.1) is 11.6 Å². The second-order valence-corrected chi connectivity index (χ2v) is 6.59. The van der Waals surface area contributed by atoms with Crippen molar-refractivity contribution in [2.45, 2.75) is 12.0 Å². The number of rotatable bonds is 4. The van der Waals surface area contributed by atoms with Crippen molar-refractivity contribution in [1.29, 1.82) is 0 Å². The Morgan fingerprint density at radius 2 is 2.00 bits per heavy atom. The fourth-order valence-corrected chi connectivity index (χ4v) is 3.39. The van der Waals surface area contributed by atoms with Gasteiger partial charge in [0, 0.05) is 23.4 Å². The van der Waals surface area contributed by atoms with Crippen molar-refractivity contribution >= 4 is 27.3 Å². The average molecular weight is 348 g/mol. The van der Waals surface area contributed by atoms with Crippen LogP contribution in [0.25, 0.3) is 0 Å². The highest BCUT2D eigenvalue weighted by Gasteiger charge is 2.25. The quantitative estimate of drug-likeness (QED) is 0.888. The van der Waals surface area contributed by atoms with Crippen molar-refractivity contribution in [2.75, 3.05) is 6.54 Å². The van der Waals surface area contributed by atoms with Crippen molar-refractivity contribution in [3.05, 3.63) is 56.2 Å². The van der Waals surface area contributed by atoms with E-state index in [-0.39, 0.29) is 12.1 Å². The third-order valence-corrected chi connectivity index (χ3v) is 4.58. The van der Waals surface area contributed by atoms with E-state index >= 15 is 0 Å². The van der Waals surface area contributed by atoms with Gasteiger partial charge < -0.3 is 10.8 Å². The van der Waals surface area contributed by atoms with Gasteiger partial charge in [-0.1, -0.05) is 6.07 Å². The van der Waals surface area contributed by atoms with Gasteiger partial charge in [0.15, 0.2) is 0 Å². The van der Waals surface area contributed by atoms with E-state index in [1.807, 2.05) is 0 Å². The lowest BCUT2D eigenvalue weighted by molar-refractivity contribution is 0.149. The van der Waals surface area contributed by atoms with Gasteiger partial charge in [-0.2, -0.15) is 0 Å². The summed E-state index contributed by atoms with van der Waals surface area (Å²) in [5.41, 5.74) is 5.85. The summed E-state index contributed by atoms with van der Waals surface area (Å²) in [5, 5.41) is 10.3. The molecule has 2 nitrogen and oxygen atoms in total. The molecule has 19 heavy (non-hydrogen) atoms. The molecular formula is C13H12BrF2NOS. The Morgan fingerprint density at radius 1 is 1.26 bits per heavy atom. The summed E-state index contributed by atoms with van der Waals surface area (Å²) in [6, 6.07) is 6.85. The molecule has 2 atom stereocenters. The topological polar surface area (TPSA) is 46.2 Å². The van der Waals surface area contributed by atoms with E-state index in [9.17, 15) is 13.9 Å². The summed E-state index contributed by atoms with van der Waals surface area (Å²) in [6.07, 6.45) is -0.915. The molecule has 2 aromatic rings. The van der Waals surface area contributed by atoms with E-state index in [1.54, 1.807) is 12.1 Å². The van der Waals surface area contributed by atoms with Crippen LogP contribution in [0.1, 0.15) is 22.5 Å². The van der Waals surface area contributed by atoms with Crippen molar-refractivity contribution in [2.24, 2.45) is 5.73 Å². The number of thiophene rings is 1. The summed E-state index contributed by atoms with van der Waals surface area (Å²) in [7, 11) is 0. The lowest BCUT2D eigenvalue weighted by Gasteiger charge is -2.21. The van der Waals surface area contributed by atoms with Gasteiger partial charge >= 0.3 is 0 Å². The maximum atomic E-state index is 13.8. The molecule has 3 N–H and O–H groups in total. The molecule has 1 aromatic carbocycles. The molecule has 0 radical (unpaired) electrons. The predicted molar refractivity (Wildman–Crippen MR) is 75.1 cm³/mol. The van der Waals surface area contributed by atoms with Crippen molar-refractivity contribution in [3.8, 4) is 0 Å². The first-order valence-corrected chi connectivity index (χ1v) is 7.22. The number of halogens is 3. The van der Waals surface area contributed by atoms with Crippen molar-refractivity contribution in [3.63, 3.8) is 0 Å². The summed E-state index contributed by atoms with van der Waals surface area (Å²) < 4.78 is 27.5. The molecular weight excluding hydrogens is 336 g/mol. The van der Waals surface area contributed by atoms with Gasteiger partial charge in [-0.3, -0.25) is 0 Å². The Balaban J connectivity index is 2.33. The molecule has 2 rings (SSSR count). The maximum Gasteiger partial charge on any atom is 0.129 e. The molecule has 0 spiro atoms. The van der Waals surface area contributed by atoms with Gasteiger partial charge in [0.25, 0.3) is 0 Å². The fourth-order valence-electron chi connectivity index (χ4n) is 1.91. The molecule has 1 aromatic heterocycles. The largest absolute Gasteiger partial charge is 0.387 e. The summed E-state index contributed by atoms with van der Waals surface area (Å²) >= 11 is 4.66. The van der Waals surface area contributed by atoms with Crippen LogP contribution < -0.4 is 5.73 Å². The van der Waals surface area contributed by atoms with E-state index in [0.29, 0.717) is 4.88 Å². The molecule has 0 aliphatic heterocycles. The minimum Gasteiger partial charge on any atom is -0.387 e. The zero-order valence-electron chi connectivity index (χ0n) is 9.82. The van der Waals surface area contributed by atoms with Crippen molar-refractivity contribution in [1.82, 2.24) is 0 Å². The Bertz CT molecular complexity index is 576. The standard InChI is InChI=1S/C13H12BrF2NOS/c14-12-4-3-11(19-12)13(18)9(6-17)8-2-1-7(15)5-10(8)16/h1-5,9,13,18H,6,17H2. The molecule has 0 fully saturated rings. The fraction of sp³-hybridized carbons (Fsp3) is 0.231. The van der Waals surface area contributed by atoms with Crippen molar-refractivity contribution < 1.29 is 13.9 Å². The smallest absolute Gasteiger partial charge is 0.129 e. The first-order valence-electron chi connectivity index (χ1n) is 5.61. The molecule has 0 aliphatic rings. The van der Waals surface area contributed by atoms with Crippen LogP contribution in [-0.4, -0.2) is 11.7 Å². The van der Waals surface area contributed by atoms with Crippen LogP contribution >= 0.6 is 27.3 Å². The highest BCUT2D eigenvalue weighted by molar-refractivity contribution is 9.11. The molecule has 0 saturated heterocycles. The van der Waals surface area contributed by atoms with Crippen LogP contribution in [0.3, 0.4) is 0 Å². The second-order valence-electron chi connectivity index (χ2n) is 4.09. The summed E-state index contributed by atoms with van der Waals surface area (Å²) in [4.78, 5) is 0.686. The molecule has 0 amide bonds. The number of nitrogens with two attached hydrogens (primary N) is 1. The highest BCUT2D eigenvalue weighted by Crippen LogP contribution is 2.36. The molecule has 0 aliphatic carbocycles. The van der Waals surface area contributed by atoms with Gasteiger partial charge in [-0.15, -0.1) is 11.3 Å². The number of aliphatic hydroxyl groups excluding tert-OH is 1. The SMILES string of the molecule is NCC(c1ccc(F)cc1F)C(O)c1ccc(Br)s1. The van der Waals surface area contributed by atoms with Gasteiger partial charge in [0.05, 0.1) is 9.89 Å². The lowest BCUT2D eigenvalue weighted by atomic mass is 9.92. The van der Waals surface area contributed by atoms with E-state index in [1.165, 1.54) is 17.4 Å². The average Bonchev–Trinajstić information content (AvgIpc) is 2.79. The van der Waals surface area contributed by atoms with Gasteiger partial charge in [0.1, 0.15) is 11.6 Å². The predicted octanol–water partition coefficient (Wildman–Crippen LogP) is 3.56. The molecule has 2 unspecified atom stereocenters. The first-order chi connectivity index (χ1) is 9.02. The summed E-state index contributed by atoms with van der Waals surface area (Å²) in [5.74, 6) is -1.94. The van der Waals surface area contributed by atoms with Crippen LogP contribution in [0.15, 0.2) is 34.1 Å². The van der Waals surface area contributed by atoms with Gasteiger partial charge in [-0.05, 0) is 39.7 Å². The minimum absolute atomic E-state index is 0.0687. The molecule has 1 heterocycles. The van der Waals surface area contributed by atoms with Gasteiger partial charge in [0.2, 0.25) is 0 Å².